The summed E-state index contributed by atoms with van der Waals surface area (Å²) in [5.74, 6) is 0.00282. The summed E-state index contributed by atoms with van der Waals surface area (Å²) in [5.41, 5.74) is 3.02. The molecule has 3 rings (SSSR count). The van der Waals surface area contributed by atoms with Crippen LogP contribution in [0.25, 0.3) is 0 Å². The van der Waals surface area contributed by atoms with Crippen molar-refractivity contribution in [3.05, 3.63) is 65.7 Å². The van der Waals surface area contributed by atoms with Gasteiger partial charge >= 0.3 is 0 Å². The number of quaternary nitrogens is 1. The first-order chi connectivity index (χ1) is 11.7. The van der Waals surface area contributed by atoms with E-state index in [4.69, 9.17) is 4.74 Å². The lowest BCUT2D eigenvalue weighted by Crippen LogP contribution is -2.89. The van der Waals surface area contributed by atoms with E-state index in [0.717, 1.165) is 37.2 Å². The number of amides is 1. The van der Waals surface area contributed by atoms with Gasteiger partial charge in [0.15, 0.2) is 6.04 Å². The maximum atomic E-state index is 12.8. The minimum absolute atomic E-state index is 0.00282. The van der Waals surface area contributed by atoms with Gasteiger partial charge in [-0.05, 0) is 31.9 Å². The highest BCUT2D eigenvalue weighted by atomic mass is 16.5. The van der Waals surface area contributed by atoms with Gasteiger partial charge in [-0.25, -0.2) is 0 Å². The van der Waals surface area contributed by atoms with Crippen LogP contribution in [0.5, 0.6) is 0 Å². The highest BCUT2D eigenvalue weighted by molar-refractivity contribution is 5.94. The Balaban J connectivity index is 1.70. The van der Waals surface area contributed by atoms with Crippen molar-refractivity contribution in [1.82, 2.24) is 0 Å². The van der Waals surface area contributed by atoms with Crippen molar-refractivity contribution in [2.24, 2.45) is 0 Å². The fraction of sp³-hybridized carbons (Fsp3) is 0.350. The zero-order valence-corrected chi connectivity index (χ0v) is 14.1. The molecule has 2 aromatic rings. The molecule has 1 heterocycles. The van der Waals surface area contributed by atoms with Crippen molar-refractivity contribution in [3.8, 4) is 0 Å². The van der Waals surface area contributed by atoms with E-state index in [1.165, 1.54) is 5.56 Å². The van der Waals surface area contributed by atoms with E-state index in [1.54, 1.807) is 0 Å². The lowest BCUT2D eigenvalue weighted by Gasteiger charge is -2.18. The summed E-state index contributed by atoms with van der Waals surface area (Å²) in [6, 6.07) is 17.5. The van der Waals surface area contributed by atoms with Gasteiger partial charge in [0.2, 0.25) is 0 Å². The third kappa shape index (κ3) is 4.43. The van der Waals surface area contributed by atoms with Crippen LogP contribution in [0, 0.1) is 6.92 Å². The number of nitrogens with two attached hydrogens (primary N) is 1. The number of rotatable bonds is 6. The van der Waals surface area contributed by atoms with Crippen molar-refractivity contribution >= 4 is 11.6 Å². The number of carbonyl (C=O) groups is 1. The number of anilines is 1. The normalized spacial score (nSPS) is 18.3. The van der Waals surface area contributed by atoms with E-state index >= 15 is 0 Å². The largest absolute Gasteiger partial charge is 0.372 e. The second-order valence-corrected chi connectivity index (χ2v) is 6.35. The first-order valence-corrected chi connectivity index (χ1v) is 8.60. The second kappa shape index (κ2) is 8.08. The number of carbonyl (C=O) groups excluding carboxylic acids is 1. The Labute approximate surface area is 143 Å². The Bertz CT molecular complexity index is 649. The standard InChI is InChI=1S/C20H24N2O2/c1-15-9-11-17(12-10-15)22-20(23)19(16-6-3-2-4-7-16)21-14-18-8-5-13-24-18/h2-4,6-7,9-12,18-19,21H,5,8,13-14H2,1H3,(H,22,23)/p+1/t18-,19+/m0/s1. The lowest BCUT2D eigenvalue weighted by atomic mass is 10.1. The molecule has 1 aliphatic heterocycles. The van der Waals surface area contributed by atoms with Crippen molar-refractivity contribution < 1.29 is 14.8 Å². The summed E-state index contributed by atoms with van der Waals surface area (Å²) in [6.07, 6.45) is 2.45. The Hall–Kier alpha value is -2.17. The van der Waals surface area contributed by atoms with Crippen LogP contribution >= 0.6 is 0 Å². The number of ether oxygens (including phenoxy) is 1. The molecule has 0 radical (unpaired) electrons. The molecular weight excluding hydrogens is 300 g/mol. The van der Waals surface area contributed by atoms with E-state index in [-0.39, 0.29) is 18.1 Å². The molecule has 0 bridgehead atoms. The van der Waals surface area contributed by atoms with Gasteiger partial charge in [-0.3, -0.25) is 4.79 Å². The molecule has 0 unspecified atom stereocenters. The predicted molar refractivity (Wildman–Crippen MR) is 94.8 cm³/mol. The first-order valence-electron chi connectivity index (χ1n) is 8.60. The summed E-state index contributed by atoms with van der Waals surface area (Å²) in [4.78, 5) is 12.8. The molecule has 1 amide bonds. The van der Waals surface area contributed by atoms with Crippen LogP contribution in [-0.4, -0.2) is 25.2 Å². The van der Waals surface area contributed by atoms with E-state index in [1.807, 2.05) is 61.5 Å². The van der Waals surface area contributed by atoms with Crippen LogP contribution in [0.4, 0.5) is 5.69 Å². The van der Waals surface area contributed by atoms with E-state index < -0.39 is 0 Å². The van der Waals surface area contributed by atoms with Gasteiger partial charge in [-0.1, -0.05) is 48.0 Å². The topological polar surface area (TPSA) is 54.9 Å². The zero-order chi connectivity index (χ0) is 16.8. The Kier molecular flexibility index (Phi) is 5.62. The Morgan fingerprint density at radius 2 is 1.96 bits per heavy atom. The van der Waals surface area contributed by atoms with Gasteiger partial charge < -0.3 is 15.4 Å². The van der Waals surface area contributed by atoms with E-state index in [2.05, 4.69) is 10.6 Å². The number of aryl methyl sites for hydroxylation is 1. The van der Waals surface area contributed by atoms with Crippen LogP contribution in [0.15, 0.2) is 54.6 Å². The third-order valence-corrected chi connectivity index (χ3v) is 4.42. The first kappa shape index (κ1) is 16.7. The average molecular weight is 325 g/mol. The molecular formula is C20H25N2O2+. The Morgan fingerprint density at radius 3 is 2.62 bits per heavy atom. The minimum atomic E-state index is -0.267. The summed E-state index contributed by atoms with van der Waals surface area (Å²) in [6.45, 7) is 3.68. The molecule has 1 saturated heterocycles. The molecule has 0 aliphatic carbocycles. The van der Waals surface area contributed by atoms with Gasteiger partial charge in [0, 0.05) is 17.9 Å². The monoisotopic (exact) mass is 325 g/mol. The van der Waals surface area contributed by atoms with Crippen LogP contribution in [0.1, 0.15) is 30.0 Å². The highest BCUT2D eigenvalue weighted by Crippen LogP contribution is 2.15. The molecule has 3 N–H and O–H groups in total. The highest BCUT2D eigenvalue weighted by Gasteiger charge is 2.27. The molecule has 4 heteroatoms. The minimum Gasteiger partial charge on any atom is -0.372 e. The smallest absolute Gasteiger partial charge is 0.287 e. The van der Waals surface area contributed by atoms with Crippen molar-refractivity contribution in [2.75, 3.05) is 18.5 Å². The summed E-state index contributed by atoms with van der Waals surface area (Å²) in [5, 5.41) is 5.12. The maximum absolute atomic E-state index is 12.8. The van der Waals surface area contributed by atoms with Gasteiger partial charge in [0.1, 0.15) is 12.6 Å². The number of hydrogen-bond donors (Lipinski definition) is 2. The SMILES string of the molecule is Cc1ccc(NC(=O)[C@H]([NH2+]C[C@@H]2CCCO2)c2ccccc2)cc1. The van der Waals surface area contributed by atoms with Gasteiger partial charge in [0.25, 0.3) is 5.91 Å². The average Bonchev–Trinajstić information content (AvgIpc) is 3.12. The van der Waals surface area contributed by atoms with E-state index in [0.29, 0.717) is 0 Å². The second-order valence-electron chi connectivity index (χ2n) is 6.35. The molecule has 0 spiro atoms. The summed E-state index contributed by atoms with van der Waals surface area (Å²) >= 11 is 0. The molecule has 0 saturated carbocycles. The molecule has 2 aromatic carbocycles. The number of hydrogen-bond acceptors (Lipinski definition) is 2. The van der Waals surface area contributed by atoms with E-state index in [9.17, 15) is 4.79 Å². The fourth-order valence-corrected chi connectivity index (χ4v) is 3.03. The third-order valence-electron chi connectivity index (χ3n) is 4.42. The Morgan fingerprint density at radius 1 is 1.21 bits per heavy atom. The van der Waals surface area contributed by atoms with Crippen LogP contribution in [-0.2, 0) is 9.53 Å². The van der Waals surface area contributed by atoms with Gasteiger partial charge in [-0.15, -0.1) is 0 Å². The van der Waals surface area contributed by atoms with Crippen molar-refractivity contribution in [3.63, 3.8) is 0 Å². The molecule has 126 valence electrons. The van der Waals surface area contributed by atoms with Crippen LogP contribution in [0.3, 0.4) is 0 Å². The van der Waals surface area contributed by atoms with Crippen LogP contribution < -0.4 is 10.6 Å². The number of benzene rings is 2. The fourth-order valence-electron chi connectivity index (χ4n) is 3.03. The molecule has 1 aliphatic rings. The molecule has 24 heavy (non-hydrogen) atoms. The van der Waals surface area contributed by atoms with Gasteiger partial charge in [-0.2, -0.15) is 0 Å². The van der Waals surface area contributed by atoms with Crippen molar-refractivity contribution in [2.45, 2.75) is 31.9 Å². The molecule has 0 aromatic heterocycles. The summed E-state index contributed by atoms with van der Waals surface area (Å²) in [7, 11) is 0. The van der Waals surface area contributed by atoms with Crippen molar-refractivity contribution in [1.29, 1.82) is 0 Å². The maximum Gasteiger partial charge on any atom is 0.287 e. The molecule has 4 nitrogen and oxygen atoms in total. The quantitative estimate of drug-likeness (QED) is 0.857. The predicted octanol–water partition coefficient (Wildman–Crippen LogP) is 2.42. The number of nitrogens with one attached hydrogen (secondary N) is 1. The molecule has 2 atom stereocenters. The van der Waals surface area contributed by atoms with Gasteiger partial charge in [0.05, 0.1) is 0 Å². The molecule has 1 fully saturated rings. The van der Waals surface area contributed by atoms with Crippen LogP contribution in [0.2, 0.25) is 0 Å². The summed E-state index contributed by atoms with van der Waals surface area (Å²) < 4.78 is 5.69. The zero-order valence-electron chi connectivity index (χ0n) is 14.1. The lowest BCUT2D eigenvalue weighted by molar-refractivity contribution is -0.687.